The van der Waals surface area contributed by atoms with Crippen molar-refractivity contribution in [2.45, 2.75) is 6.18 Å². The van der Waals surface area contributed by atoms with E-state index in [1.54, 1.807) is 0 Å². The SMILES string of the molecule is O=C(Nc1cccc(F)c1)c1cnc(Nc2cccc(C(F)(F)F)c2)cn1. The number of aromatic nitrogens is 2. The molecule has 5 nitrogen and oxygen atoms in total. The Hall–Kier alpha value is -3.49. The Kier molecular flexibility index (Phi) is 5.02. The van der Waals surface area contributed by atoms with Crippen molar-refractivity contribution in [3.8, 4) is 0 Å². The molecule has 0 bridgehead atoms. The Morgan fingerprint density at radius 3 is 2.33 bits per heavy atom. The largest absolute Gasteiger partial charge is 0.416 e. The maximum atomic E-state index is 13.1. The number of benzene rings is 2. The normalized spacial score (nSPS) is 11.1. The summed E-state index contributed by atoms with van der Waals surface area (Å²) in [6, 6.07) is 9.94. The minimum atomic E-state index is -4.46. The van der Waals surface area contributed by atoms with Gasteiger partial charge in [-0.2, -0.15) is 13.2 Å². The quantitative estimate of drug-likeness (QED) is 0.652. The number of hydrogen-bond acceptors (Lipinski definition) is 4. The van der Waals surface area contributed by atoms with Crippen LogP contribution >= 0.6 is 0 Å². The second-order valence-electron chi connectivity index (χ2n) is 5.45. The van der Waals surface area contributed by atoms with Gasteiger partial charge < -0.3 is 10.6 Å². The van der Waals surface area contributed by atoms with Crippen LogP contribution in [0.2, 0.25) is 0 Å². The molecule has 0 saturated heterocycles. The van der Waals surface area contributed by atoms with Gasteiger partial charge in [-0.1, -0.05) is 12.1 Å². The number of nitrogens with one attached hydrogen (secondary N) is 2. The third-order valence-electron chi connectivity index (χ3n) is 3.43. The van der Waals surface area contributed by atoms with E-state index in [4.69, 9.17) is 0 Å². The highest BCUT2D eigenvalue weighted by Gasteiger charge is 2.30. The molecule has 2 N–H and O–H groups in total. The molecule has 0 aliphatic rings. The van der Waals surface area contributed by atoms with Crippen LogP contribution in [0.4, 0.5) is 34.8 Å². The highest BCUT2D eigenvalue weighted by Crippen LogP contribution is 2.31. The summed E-state index contributed by atoms with van der Waals surface area (Å²) in [5.41, 5.74) is -0.399. The van der Waals surface area contributed by atoms with Crippen molar-refractivity contribution >= 4 is 23.1 Å². The summed E-state index contributed by atoms with van der Waals surface area (Å²) in [6.07, 6.45) is -2.09. The lowest BCUT2D eigenvalue weighted by atomic mass is 10.2. The summed E-state index contributed by atoms with van der Waals surface area (Å²) in [7, 11) is 0. The zero-order valence-corrected chi connectivity index (χ0v) is 13.6. The summed E-state index contributed by atoms with van der Waals surface area (Å²) in [4.78, 5) is 19.9. The molecular weight excluding hydrogens is 364 g/mol. The van der Waals surface area contributed by atoms with Gasteiger partial charge in [-0.25, -0.2) is 14.4 Å². The van der Waals surface area contributed by atoms with Crippen molar-refractivity contribution in [2.75, 3.05) is 10.6 Å². The first-order valence-electron chi connectivity index (χ1n) is 7.64. The van der Waals surface area contributed by atoms with Crippen molar-refractivity contribution in [2.24, 2.45) is 0 Å². The van der Waals surface area contributed by atoms with Gasteiger partial charge >= 0.3 is 6.18 Å². The smallest absolute Gasteiger partial charge is 0.339 e. The van der Waals surface area contributed by atoms with E-state index in [9.17, 15) is 22.4 Å². The highest BCUT2D eigenvalue weighted by molar-refractivity contribution is 6.02. The van der Waals surface area contributed by atoms with E-state index in [-0.39, 0.29) is 22.9 Å². The van der Waals surface area contributed by atoms with E-state index in [2.05, 4.69) is 20.6 Å². The van der Waals surface area contributed by atoms with E-state index in [1.807, 2.05) is 0 Å². The van der Waals surface area contributed by atoms with Gasteiger partial charge in [-0.15, -0.1) is 0 Å². The van der Waals surface area contributed by atoms with Crippen LogP contribution in [0, 0.1) is 5.82 Å². The molecular formula is C18H12F4N4O. The summed E-state index contributed by atoms with van der Waals surface area (Å²) >= 11 is 0. The van der Waals surface area contributed by atoms with Gasteiger partial charge in [0.2, 0.25) is 0 Å². The van der Waals surface area contributed by atoms with Gasteiger partial charge in [0.25, 0.3) is 5.91 Å². The van der Waals surface area contributed by atoms with Gasteiger partial charge in [0.1, 0.15) is 17.3 Å². The first-order valence-corrected chi connectivity index (χ1v) is 7.64. The Morgan fingerprint density at radius 2 is 1.67 bits per heavy atom. The molecule has 0 unspecified atom stereocenters. The maximum Gasteiger partial charge on any atom is 0.416 e. The fourth-order valence-corrected chi connectivity index (χ4v) is 2.19. The molecule has 0 atom stereocenters. The monoisotopic (exact) mass is 376 g/mol. The molecule has 0 aliphatic heterocycles. The van der Waals surface area contributed by atoms with Crippen molar-refractivity contribution in [3.05, 3.63) is 78.0 Å². The second kappa shape index (κ2) is 7.40. The first kappa shape index (κ1) is 18.3. The Morgan fingerprint density at radius 1 is 0.926 bits per heavy atom. The first-order chi connectivity index (χ1) is 12.8. The van der Waals surface area contributed by atoms with Crippen LogP contribution < -0.4 is 10.6 Å². The molecule has 27 heavy (non-hydrogen) atoms. The highest BCUT2D eigenvalue weighted by atomic mass is 19.4. The molecule has 0 aliphatic carbocycles. The van der Waals surface area contributed by atoms with Crippen molar-refractivity contribution < 1.29 is 22.4 Å². The number of amides is 1. The Balaban J connectivity index is 1.69. The molecule has 1 heterocycles. The predicted octanol–water partition coefficient (Wildman–Crippen LogP) is 4.63. The van der Waals surface area contributed by atoms with Crippen LogP contribution in [-0.4, -0.2) is 15.9 Å². The number of hydrogen-bond donors (Lipinski definition) is 2. The van der Waals surface area contributed by atoms with Gasteiger partial charge in [-0.05, 0) is 36.4 Å². The van der Waals surface area contributed by atoms with E-state index >= 15 is 0 Å². The second-order valence-corrected chi connectivity index (χ2v) is 5.45. The fraction of sp³-hybridized carbons (Fsp3) is 0.0556. The van der Waals surface area contributed by atoms with E-state index in [0.717, 1.165) is 24.4 Å². The van der Waals surface area contributed by atoms with Crippen LogP contribution in [0.3, 0.4) is 0 Å². The minimum absolute atomic E-state index is 0.0335. The summed E-state index contributed by atoms with van der Waals surface area (Å²) < 4.78 is 51.3. The molecule has 0 saturated carbocycles. The van der Waals surface area contributed by atoms with E-state index in [0.29, 0.717) is 0 Å². The number of carbonyl (C=O) groups excluding carboxylic acids is 1. The third-order valence-corrected chi connectivity index (χ3v) is 3.43. The van der Waals surface area contributed by atoms with Crippen LogP contribution in [0.15, 0.2) is 60.9 Å². The zero-order valence-electron chi connectivity index (χ0n) is 13.6. The third kappa shape index (κ3) is 4.78. The van der Waals surface area contributed by atoms with Crippen LogP contribution in [0.25, 0.3) is 0 Å². The molecule has 2 aromatic carbocycles. The van der Waals surface area contributed by atoms with Gasteiger partial charge in [0.15, 0.2) is 0 Å². The molecule has 3 rings (SSSR count). The topological polar surface area (TPSA) is 66.9 Å². The van der Waals surface area contributed by atoms with Crippen LogP contribution in [-0.2, 0) is 6.18 Å². The minimum Gasteiger partial charge on any atom is -0.339 e. The molecule has 1 amide bonds. The predicted molar refractivity (Wildman–Crippen MR) is 91.1 cm³/mol. The maximum absolute atomic E-state index is 13.1. The van der Waals surface area contributed by atoms with E-state index in [1.165, 1.54) is 36.5 Å². The summed E-state index contributed by atoms with van der Waals surface area (Å²) in [5.74, 6) is -0.935. The average molecular weight is 376 g/mol. The molecule has 138 valence electrons. The van der Waals surface area contributed by atoms with E-state index < -0.39 is 23.5 Å². The average Bonchev–Trinajstić information content (AvgIpc) is 2.62. The number of alkyl halides is 3. The van der Waals surface area contributed by atoms with Crippen molar-refractivity contribution in [1.82, 2.24) is 9.97 Å². The lowest BCUT2D eigenvalue weighted by Gasteiger charge is -2.10. The molecule has 0 radical (unpaired) electrons. The molecule has 3 aromatic rings. The van der Waals surface area contributed by atoms with Crippen molar-refractivity contribution in [3.63, 3.8) is 0 Å². The number of anilines is 3. The Labute approximate surface area is 151 Å². The molecule has 0 fully saturated rings. The van der Waals surface area contributed by atoms with Crippen LogP contribution in [0.1, 0.15) is 16.1 Å². The van der Waals surface area contributed by atoms with Gasteiger partial charge in [0.05, 0.1) is 18.0 Å². The number of carbonyl (C=O) groups is 1. The lowest BCUT2D eigenvalue weighted by Crippen LogP contribution is -2.14. The number of rotatable bonds is 4. The lowest BCUT2D eigenvalue weighted by molar-refractivity contribution is -0.137. The molecule has 0 spiro atoms. The number of nitrogens with zero attached hydrogens (tertiary/aromatic N) is 2. The Bertz CT molecular complexity index is 958. The molecule has 1 aromatic heterocycles. The summed E-state index contributed by atoms with van der Waals surface area (Å²) in [5, 5.41) is 5.15. The molecule has 9 heteroatoms. The van der Waals surface area contributed by atoms with Gasteiger partial charge in [0, 0.05) is 11.4 Å². The zero-order chi connectivity index (χ0) is 19.4. The van der Waals surface area contributed by atoms with Crippen molar-refractivity contribution in [1.29, 1.82) is 0 Å². The standard InChI is InChI=1S/C18H12F4N4O/c19-12-4-2-6-14(8-12)26-17(27)15-9-24-16(10-23-15)25-13-5-1-3-11(7-13)18(20,21)22/h1-10H,(H,24,25)(H,26,27). The van der Waals surface area contributed by atoms with Crippen LogP contribution in [0.5, 0.6) is 0 Å². The number of halogens is 4. The fourth-order valence-electron chi connectivity index (χ4n) is 2.19. The summed E-state index contributed by atoms with van der Waals surface area (Å²) in [6.45, 7) is 0. The van der Waals surface area contributed by atoms with Gasteiger partial charge in [-0.3, -0.25) is 4.79 Å².